The summed E-state index contributed by atoms with van der Waals surface area (Å²) < 4.78 is 21.4. The Bertz CT molecular complexity index is 271. The van der Waals surface area contributed by atoms with Crippen molar-refractivity contribution >= 4 is 15.7 Å². The molecule has 1 atom stereocenters. The highest BCUT2D eigenvalue weighted by Crippen LogP contribution is 1.94. The zero-order valence-corrected chi connectivity index (χ0v) is 9.30. The first kappa shape index (κ1) is 13.4. The molecule has 84 valence electrons. The second-order valence-corrected chi connectivity index (χ2v) is 5.63. The van der Waals surface area contributed by atoms with Crippen LogP contribution in [0.2, 0.25) is 0 Å². The van der Waals surface area contributed by atoms with Gasteiger partial charge in [0.15, 0.2) is 0 Å². The van der Waals surface area contributed by atoms with E-state index in [0.29, 0.717) is 6.42 Å². The van der Waals surface area contributed by atoms with Gasteiger partial charge in [0.2, 0.25) is 5.91 Å². The Labute approximate surface area is 84.4 Å². The lowest BCUT2D eigenvalue weighted by molar-refractivity contribution is -0.121. The van der Waals surface area contributed by atoms with E-state index in [4.69, 9.17) is 5.11 Å². The highest BCUT2D eigenvalue weighted by molar-refractivity contribution is 7.90. The SMILES string of the molecule is CC(O)CCC(=O)NCCS(C)(=O)=O. The minimum atomic E-state index is -3.02. The van der Waals surface area contributed by atoms with Crippen LogP contribution < -0.4 is 5.32 Å². The minimum Gasteiger partial charge on any atom is -0.393 e. The van der Waals surface area contributed by atoms with Gasteiger partial charge in [-0.15, -0.1) is 0 Å². The first-order chi connectivity index (χ1) is 6.31. The van der Waals surface area contributed by atoms with Crippen molar-refractivity contribution in [2.24, 2.45) is 0 Å². The van der Waals surface area contributed by atoms with Crippen molar-refractivity contribution in [1.82, 2.24) is 5.32 Å². The maximum Gasteiger partial charge on any atom is 0.220 e. The van der Waals surface area contributed by atoms with Crippen LogP contribution >= 0.6 is 0 Å². The molecule has 14 heavy (non-hydrogen) atoms. The van der Waals surface area contributed by atoms with Gasteiger partial charge >= 0.3 is 0 Å². The summed E-state index contributed by atoms with van der Waals surface area (Å²) in [5.41, 5.74) is 0. The normalized spacial score (nSPS) is 13.6. The molecule has 1 unspecified atom stereocenters. The summed E-state index contributed by atoms with van der Waals surface area (Å²) in [4.78, 5) is 11.0. The van der Waals surface area contributed by atoms with Gasteiger partial charge < -0.3 is 10.4 Å². The van der Waals surface area contributed by atoms with Crippen LogP contribution in [0.25, 0.3) is 0 Å². The van der Waals surface area contributed by atoms with E-state index < -0.39 is 15.9 Å². The molecule has 5 nitrogen and oxygen atoms in total. The van der Waals surface area contributed by atoms with E-state index in [-0.39, 0.29) is 24.6 Å². The second-order valence-electron chi connectivity index (χ2n) is 3.37. The molecule has 0 aliphatic rings. The number of carbonyl (C=O) groups is 1. The zero-order valence-electron chi connectivity index (χ0n) is 8.49. The van der Waals surface area contributed by atoms with Crippen molar-refractivity contribution in [2.75, 3.05) is 18.6 Å². The molecule has 0 saturated heterocycles. The summed E-state index contributed by atoms with van der Waals surface area (Å²) in [6.45, 7) is 1.74. The highest BCUT2D eigenvalue weighted by atomic mass is 32.2. The Balaban J connectivity index is 3.55. The van der Waals surface area contributed by atoms with E-state index in [0.717, 1.165) is 6.26 Å². The summed E-state index contributed by atoms with van der Waals surface area (Å²) in [5, 5.41) is 11.3. The lowest BCUT2D eigenvalue weighted by atomic mass is 10.2. The summed E-state index contributed by atoms with van der Waals surface area (Å²) in [6, 6.07) is 0. The number of hydrogen-bond donors (Lipinski definition) is 2. The molecule has 0 fully saturated rings. The van der Waals surface area contributed by atoms with E-state index in [1.54, 1.807) is 6.92 Å². The van der Waals surface area contributed by atoms with Gasteiger partial charge in [0.1, 0.15) is 9.84 Å². The van der Waals surface area contributed by atoms with Gasteiger partial charge in [0, 0.05) is 19.2 Å². The fourth-order valence-corrected chi connectivity index (χ4v) is 1.28. The van der Waals surface area contributed by atoms with Gasteiger partial charge in [-0.05, 0) is 13.3 Å². The molecule has 0 aromatic heterocycles. The Kier molecular flexibility index (Phi) is 5.71. The van der Waals surface area contributed by atoms with Crippen molar-refractivity contribution < 1.29 is 18.3 Å². The van der Waals surface area contributed by atoms with Crippen LogP contribution in [0.5, 0.6) is 0 Å². The molecule has 0 aliphatic carbocycles. The van der Waals surface area contributed by atoms with E-state index in [9.17, 15) is 13.2 Å². The Morgan fingerprint density at radius 1 is 1.50 bits per heavy atom. The van der Waals surface area contributed by atoms with Crippen molar-refractivity contribution in [3.05, 3.63) is 0 Å². The number of aliphatic hydroxyl groups is 1. The van der Waals surface area contributed by atoms with Crippen LogP contribution in [0, 0.1) is 0 Å². The number of nitrogens with one attached hydrogen (secondary N) is 1. The molecule has 0 aromatic rings. The smallest absolute Gasteiger partial charge is 0.220 e. The third-order valence-corrected chi connectivity index (χ3v) is 2.53. The fraction of sp³-hybridized carbons (Fsp3) is 0.875. The molecule has 0 aromatic carbocycles. The van der Waals surface area contributed by atoms with Crippen LogP contribution in [-0.4, -0.2) is 44.1 Å². The van der Waals surface area contributed by atoms with Crippen molar-refractivity contribution in [1.29, 1.82) is 0 Å². The fourth-order valence-electron chi connectivity index (χ4n) is 0.804. The number of sulfone groups is 1. The number of amides is 1. The van der Waals surface area contributed by atoms with Gasteiger partial charge in [0.05, 0.1) is 11.9 Å². The number of aliphatic hydroxyl groups excluding tert-OH is 1. The summed E-state index contributed by atoms with van der Waals surface area (Å²) in [5.74, 6) is -0.275. The third kappa shape index (κ3) is 9.47. The van der Waals surface area contributed by atoms with Crippen LogP contribution in [0.1, 0.15) is 19.8 Å². The molecule has 0 radical (unpaired) electrons. The molecular formula is C8H17NO4S. The maximum atomic E-state index is 11.0. The van der Waals surface area contributed by atoms with Crippen molar-refractivity contribution in [2.45, 2.75) is 25.9 Å². The highest BCUT2D eigenvalue weighted by Gasteiger charge is 2.05. The average Bonchev–Trinajstić information content (AvgIpc) is 1.98. The zero-order chi connectivity index (χ0) is 11.2. The van der Waals surface area contributed by atoms with Gasteiger partial charge in [0.25, 0.3) is 0 Å². The van der Waals surface area contributed by atoms with Crippen LogP contribution in [0.15, 0.2) is 0 Å². The van der Waals surface area contributed by atoms with Gasteiger partial charge in [-0.25, -0.2) is 8.42 Å². The second kappa shape index (κ2) is 5.98. The molecule has 1 amide bonds. The lowest BCUT2D eigenvalue weighted by Crippen LogP contribution is -2.29. The van der Waals surface area contributed by atoms with Gasteiger partial charge in [-0.1, -0.05) is 0 Å². The first-order valence-corrected chi connectivity index (χ1v) is 6.50. The Morgan fingerprint density at radius 2 is 2.07 bits per heavy atom. The predicted octanol–water partition coefficient (Wildman–Crippen LogP) is -0.692. The molecule has 0 aliphatic heterocycles. The molecule has 6 heteroatoms. The first-order valence-electron chi connectivity index (χ1n) is 4.44. The molecule has 0 rings (SSSR count). The molecule has 0 bridgehead atoms. The topological polar surface area (TPSA) is 83.5 Å². The Hall–Kier alpha value is -0.620. The molecular weight excluding hydrogens is 206 g/mol. The third-order valence-electron chi connectivity index (χ3n) is 1.58. The number of carbonyl (C=O) groups excluding carboxylic acids is 1. The summed E-state index contributed by atoms with van der Waals surface area (Å²) in [7, 11) is -3.02. The Morgan fingerprint density at radius 3 is 2.50 bits per heavy atom. The van der Waals surface area contributed by atoms with E-state index in [2.05, 4.69) is 5.32 Å². The van der Waals surface area contributed by atoms with E-state index in [1.807, 2.05) is 0 Å². The monoisotopic (exact) mass is 223 g/mol. The molecule has 2 N–H and O–H groups in total. The van der Waals surface area contributed by atoms with Crippen LogP contribution in [-0.2, 0) is 14.6 Å². The van der Waals surface area contributed by atoms with Crippen LogP contribution in [0.3, 0.4) is 0 Å². The van der Waals surface area contributed by atoms with Crippen LogP contribution in [0.4, 0.5) is 0 Å². The number of hydrogen-bond acceptors (Lipinski definition) is 4. The molecule has 0 spiro atoms. The van der Waals surface area contributed by atoms with E-state index in [1.165, 1.54) is 0 Å². The van der Waals surface area contributed by atoms with E-state index >= 15 is 0 Å². The summed E-state index contributed by atoms with van der Waals surface area (Å²) in [6.07, 6.45) is 1.23. The predicted molar refractivity (Wildman–Crippen MR) is 53.6 cm³/mol. The van der Waals surface area contributed by atoms with Gasteiger partial charge in [-0.3, -0.25) is 4.79 Å². The van der Waals surface area contributed by atoms with Crippen molar-refractivity contribution in [3.8, 4) is 0 Å². The molecule has 0 saturated carbocycles. The van der Waals surface area contributed by atoms with Gasteiger partial charge in [-0.2, -0.15) is 0 Å². The quantitative estimate of drug-likeness (QED) is 0.624. The largest absolute Gasteiger partial charge is 0.393 e. The maximum absolute atomic E-state index is 11.0. The standard InChI is InChI=1S/C8H17NO4S/c1-7(10)3-4-8(11)9-5-6-14(2,12)13/h7,10H,3-6H2,1-2H3,(H,9,11). The van der Waals surface area contributed by atoms with Crippen molar-refractivity contribution in [3.63, 3.8) is 0 Å². The molecule has 0 heterocycles. The number of rotatable bonds is 6. The lowest BCUT2D eigenvalue weighted by Gasteiger charge is -2.05. The average molecular weight is 223 g/mol. The minimum absolute atomic E-state index is 0.0482. The summed E-state index contributed by atoms with van der Waals surface area (Å²) >= 11 is 0.